The van der Waals surface area contributed by atoms with Gasteiger partial charge in [0.05, 0.1) is 11.4 Å². The molecule has 0 saturated carbocycles. The molecule has 1 N–H and O–H groups in total. The Morgan fingerprint density at radius 3 is 2.81 bits per heavy atom. The van der Waals surface area contributed by atoms with Gasteiger partial charge in [0.25, 0.3) is 0 Å². The number of carbonyl (C=O) groups excluding carboxylic acids is 1. The molecule has 3 aromatic rings. The highest BCUT2D eigenvalue weighted by atomic mass is 35.5. The largest absolute Gasteiger partial charge is 0.486 e. The predicted molar refractivity (Wildman–Crippen MR) is 116 cm³/mol. The molecular weight excluding hydrogens is 446 g/mol. The highest BCUT2D eigenvalue weighted by Gasteiger charge is 2.15. The van der Waals surface area contributed by atoms with Crippen LogP contribution in [0.25, 0.3) is 0 Å². The Bertz CT molecular complexity index is 1110. The van der Waals surface area contributed by atoms with Gasteiger partial charge >= 0.3 is 0 Å². The summed E-state index contributed by atoms with van der Waals surface area (Å²) in [6, 6.07) is 8.29. The monoisotopic (exact) mass is 464 g/mol. The van der Waals surface area contributed by atoms with Crippen molar-refractivity contribution in [2.45, 2.75) is 25.2 Å². The van der Waals surface area contributed by atoms with E-state index >= 15 is 0 Å². The van der Waals surface area contributed by atoms with Crippen molar-refractivity contribution in [2.75, 3.05) is 11.1 Å². The smallest absolute Gasteiger partial charge is 0.234 e. The fourth-order valence-corrected chi connectivity index (χ4v) is 3.49. The average Bonchev–Trinajstić information content (AvgIpc) is 3.11. The summed E-state index contributed by atoms with van der Waals surface area (Å²) in [7, 11) is 0. The zero-order valence-corrected chi connectivity index (χ0v) is 18.1. The number of thioether (sulfide) groups is 1. The lowest BCUT2D eigenvalue weighted by Gasteiger charge is -2.10. The topological polar surface area (TPSA) is 69.0 Å². The number of benzene rings is 2. The number of aryl methyl sites for hydroxylation is 1. The van der Waals surface area contributed by atoms with Crippen LogP contribution in [0.5, 0.6) is 5.75 Å². The van der Waals surface area contributed by atoms with Crippen LogP contribution in [0, 0.1) is 18.6 Å². The Morgan fingerprint density at radius 2 is 2.10 bits per heavy atom. The third-order valence-corrected chi connectivity index (χ3v) is 5.53. The predicted octanol–water partition coefficient (Wildman–Crippen LogP) is 5.01. The second-order valence-electron chi connectivity index (χ2n) is 6.46. The molecule has 162 valence electrons. The Kier molecular flexibility index (Phi) is 7.64. The van der Waals surface area contributed by atoms with Gasteiger partial charge < -0.3 is 10.1 Å². The number of allylic oxidation sites excluding steroid dienone is 1. The minimum atomic E-state index is -0.843. The van der Waals surface area contributed by atoms with Gasteiger partial charge in [-0.05, 0) is 42.8 Å². The van der Waals surface area contributed by atoms with E-state index in [1.807, 2.05) is 13.0 Å². The van der Waals surface area contributed by atoms with E-state index in [1.54, 1.807) is 22.8 Å². The van der Waals surface area contributed by atoms with Crippen LogP contribution < -0.4 is 10.1 Å². The van der Waals surface area contributed by atoms with Crippen molar-refractivity contribution in [3.8, 4) is 5.75 Å². The van der Waals surface area contributed by atoms with Crippen molar-refractivity contribution >= 4 is 35.0 Å². The first-order valence-electron chi connectivity index (χ1n) is 9.17. The Morgan fingerprint density at radius 1 is 1.29 bits per heavy atom. The van der Waals surface area contributed by atoms with Crippen molar-refractivity contribution < 1.29 is 18.3 Å². The lowest BCUT2D eigenvalue weighted by molar-refractivity contribution is -0.113. The van der Waals surface area contributed by atoms with E-state index in [-0.39, 0.29) is 18.0 Å². The van der Waals surface area contributed by atoms with E-state index < -0.39 is 17.5 Å². The molecule has 1 amide bonds. The summed E-state index contributed by atoms with van der Waals surface area (Å²) < 4.78 is 34.2. The maximum absolute atomic E-state index is 13.7. The second-order valence-corrected chi connectivity index (χ2v) is 7.81. The van der Waals surface area contributed by atoms with Crippen molar-refractivity contribution in [3.63, 3.8) is 0 Å². The van der Waals surface area contributed by atoms with E-state index in [0.29, 0.717) is 34.4 Å². The third-order valence-electron chi connectivity index (χ3n) is 4.14. The standard InChI is InChI=1S/C21H19ClF2N4O2S/c1-3-8-28-19(11-30-15-5-6-16(22)13(2)9-15)26-27-21(28)31-12-20(29)25-18-7-4-14(23)10-17(18)24/h3-7,9-10H,1,8,11-12H2,2H3,(H,25,29). The molecule has 0 aliphatic carbocycles. The summed E-state index contributed by atoms with van der Waals surface area (Å²) in [5.74, 6) is -0.859. The van der Waals surface area contributed by atoms with E-state index in [2.05, 4.69) is 22.1 Å². The number of hydrogen-bond acceptors (Lipinski definition) is 5. The number of rotatable bonds is 9. The van der Waals surface area contributed by atoms with Crippen LogP contribution >= 0.6 is 23.4 Å². The fourth-order valence-electron chi connectivity index (χ4n) is 2.61. The van der Waals surface area contributed by atoms with Crippen molar-refractivity contribution in [3.05, 3.63) is 77.1 Å². The van der Waals surface area contributed by atoms with E-state index in [1.165, 1.54) is 6.07 Å². The number of carbonyl (C=O) groups is 1. The Balaban J connectivity index is 1.63. The minimum absolute atomic E-state index is 0.0384. The average molecular weight is 465 g/mol. The first-order valence-corrected chi connectivity index (χ1v) is 10.5. The van der Waals surface area contributed by atoms with Crippen LogP contribution in [0.1, 0.15) is 11.4 Å². The molecule has 0 bridgehead atoms. The van der Waals surface area contributed by atoms with Crippen LogP contribution in [0.2, 0.25) is 5.02 Å². The first kappa shape index (κ1) is 22.8. The molecule has 0 fully saturated rings. The van der Waals surface area contributed by atoms with Gasteiger partial charge in [0, 0.05) is 17.6 Å². The number of anilines is 1. The zero-order valence-electron chi connectivity index (χ0n) is 16.6. The van der Waals surface area contributed by atoms with Crippen molar-refractivity contribution in [2.24, 2.45) is 0 Å². The van der Waals surface area contributed by atoms with Crippen LogP contribution in [-0.4, -0.2) is 26.4 Å². The molecule has 0 aliphatic heterocycles. The fraction of sp³-hybridized carbons (Fsp3) is 0.190. The van der Waals surface area contributed by atoms with Crippen LogP contribution in [-0.2, 0) is 17.9 Å². The van der Waals surface area contributed by atoms with Gasteiger partial charge in [-0.2, -0.15) is 0 Å². The van der Waals surface area contributed by atoms with Gasteiger partial charge in [-0.25, -0.2) is 8.78 Å². The van der Waals surface area contributed by atoms with Crippen LogP contribution in [0.3, 0.4) is 0 Å². The molecule has 3 rings (SSSR count). The lowest BCUT2D eigenvalue weighted by Crippen LogP contribution is -2.16. The minimum Gasteiger partial charge on any atom is -0.486 e. The molecule has 0 radical (unpaired) electrons. The first-order chi connectivity index (χ1) is 14.9. The summed E-state index contributed by atoms with van der Waals surface area (Å²) in [6.07, 6.45) is 1.68. The number of nitrogens with zero attached hydrogens (tertiary/aromatic N) is 3. The Hall–Kier alpha value is -2.91. The Labute approximate surface area is 187 Å². The molecule has 1 heterocycles. The highest BCUT2D eigenvalue weighted by molar-refractivity contribution is 7.99. The van der Waals surface area contributed by atoms with E-state index in [4.69, 9.17) is 16.3 Å². The van der Waals surface area contributed by atoms with Crippen molar-refractivity contribution in [1.29, 1.82) is 0 Å². The molecule has 0 atom stereocenters. The summed E-state index contributed by atoms with van der Waals surface area (Å²) in [5.41, 5.74) is 0.804. The molecule has 0 unspecified atom stereocenters. The number of halogens is 3. The highest BCUT2D eigenvalue weighted by Crippen LogP contribution is 2.23. The molecule has 31 heavy (non-hydrogen) atoms. The van der Waals surface area contributed by atoms with Gasteiger partial charge in [-0.1, -0.05) is 29.4 Å². The summed E-state index contributed by atoms with van der Waals surface area (Å²) in [5, 5.41) is 11.8. The number of nitrogens with one attached hydrogen (secondary N) is 1. The molecule has 6 nitrogen and oxygen atoms in total. The number of hydrogen-bond donors (Lipinski definition) is 1. The molecule has 10 heteroatoms. The maximum atomic E-state index is 13.7. The second kappa shape index (κ2) is 10.4. The van der Waals surface area contributed by atoms with Gasteiger partial charge in [-0.3, -0.25) is 9.36 Å². The normalized spacial score (nSPS) is 10.7. The number of ether oxygens (including phenoxy) is 1. The van der Waals surface area contributed by atoms with Crippen LogP contribution in [0.4, 0.5) is 14.5 Å². The summed E-state index contributed by atoms with van der Waals surface area (Å²) in [6.45, 7) is 6.20. The number of aromatic nitrogens is 3. The lowest BCUT2D eigenvalue weighted by atomic mass is 10.2. The number of amides is 1. The molecule has 0 saturated heterocycles. The zero-order chi connectivity index (χ0) is 22.4. The van der Waals surface area contributed by atoms with Gasteiger partial charge in [0.1, 0.15) is 24.0 Å². The molecule has 2 aromatic carbocycles. The maximum Gasteiger partial charge on any atom is 0.234 e. The molecular formula is C21H19ClF2N4O2S. The summed E-state index contributed by atoms with van der Waals surface area (Å²) >= 11 is 7.16. The SMILES string of the molecule is C=CCn1c(COc2ccc(Cl)c(C)c2)nnc1SCC(=O)Nc1ccc(F)cc1F. The quantitative estimate of drug-likeness (QED) is 0.356. The van der Waals surface area contributed by atoms with Gasteiger partial charge in [0.15, 0.2) is 11.0 Å². The molecule has 0 spiro atoms. The van der Waals surface area contributed by atoms with Gasteiger partial charge in [0.2, 0.25) is 5.91 Å². The van der Waals surface area contributed by atoms with Gasteiger partial charge in [-0.15, -0.1) is 16.8 Å². The van der Waals surface area contributed by atoms with Crippen molar-refractivity contribution in [1.82, 2.24) is 14.8 Å². The van der Waals surface area contributed by atoms with E-state index in [9.17, 15) is 13.6 Å². The molecule has 0 aliphatic rings. The summed E-state index contributed by atoms with van der Waals surface area (Å²) in [4.78, 5) is 12.2. The molecule has 1 aromatic heterocycles. The van der Waals surface area contributed by atoms with Crippen LogP contribution in [0.15, 0.2) is 54.2 Å². The third kappa shape index (κ3) is 6.05. The van der Waals surface area contributed by atoms with E-state index in [0.717, 1.165) is 23.4 Å².